The van der Waals surface area contributed by atoms with Crippen LogP contribution in [0.1, 0.15) is 12.0 Å². The minimum Gasteiger partial charge on any atom is -0.326 e. The second-order valence-corrected chi connectivity index (χ2v) is 7.58. The normalized spacial score (nSPS) is 21.8. The predicted molar refractivity (Wildman–Crippen MR) is 74.3 cm³/mol. The van der Waals surface area contributed by atoms with E-state index in [1.54, 1.807) is 6.07 Å². The third kappa shape index (κ3) is 2.92. The van der Waals surface area contributed by atoms with E-state index in [4.69, 9.17) is 0 Å². The van der Waals surface area contributed by atoms with Gasteiger partial charge in [-0.1, -0.05) is 22.0 Å². The molecule has 1 aromatic carbocycles. The monoisotopic (exact) mass is 331 g/mol. The van der Waals surface area contributed by atoms with Gasteiger partial charge in [0.2, 0.25) is 5.91 Å². The third-order valence-corrected chi connectivity index (χ3v) is 5.76. The number of hydrogen-bond donors (Lipinski definition) is 1. The molecule has 1 aliphatic heterocycles. The topological polar surface area (TPSA) is 63.2 Å². The highest BCUT2D eigenvalue weighted by Gasteiger charge is 2.33. The van der Waals surface area contributed by atoms with E-state index in [1.807, 2.05) is 19.1 Å². The number of halogens is 1. The molecule has 1 fully saturated rings. The molecule has 1 amide bonds. The van der Waals surface area contributed by atoms with Gasteiger partial charge in [-0.2, -0.15) is 0 Å². The molecular weight excluding hydrogens is 318 g/mol. The number of hydrogen-bond acceptors (Lipinski definition) is 3. The molecule has 1 unspecified atom stereocenters. The highest BCUT2D eigenvalue weighted by molar-refractivity contribution is 9.10. The zero-order chi connectivity index (χ0) is 13.3. The second-order valence-electron chi connectivity index (χ2n) is 4.50. The van der Waals surface area contributed by atoms with Crippen molar-refractivity contribution in [1.29, 1.82) is 0 Å². The summed E-state index contributed by atoms with van der Waals surface area (Å²) in [4.78, 5) is 12.0. The van der Waals surface area contributed by atoms with Crippen LogP contribution in [-0.4, -0.2) is 25.8 Å². The fraction of sp³-hybridized carbons (Fsp3) is 0.417. The van der Waals surface area contributed by atoms with Gasteiger partial charge in [-0.3, -0.25) is 4.79 Å². The van der Waals surface area contributed by atoms with Crippen molar-refractivity contribution in [3.8, 4) is 0 Å². The van der Waals surface area contributed by atoms with Crippen LogP contribution in [0, 0.1) is 12.8 Å². The fourth-order valence-corrected chi connectivity index (χ4v) is 4.09. The predicted octanol–water partition coefficient (Wildman–Crippen LogP) is 2.13. The minimum absolute atomic E-state index is 0.0358. The van der Waals surface area contributed by atoms with Gasteiger partial charge in [0, 0.05) is 10.2 Å². The van der Waals surface area contributed by atoms with Gasteiger partial charge in [-0.25, -0.2) is 8.42 Å². The summed E-state index contributed by atoms with van der Waals surface area (Å²) in [5, 5.41) is 2.80. The summed E-state index contributed by atoms with van der Waals surface area (Å²) in [5.41, 5.74) is 1.66. The molecule has 0 aromatic heterocycles. The molecule has 98 valence electrons. The van der Waals surface area contributed by atoms with E-state index < -0.39 is 15.8 Å². The Hall–Kier alpha value is -0.880. The van der Waals surface area contributed by atoms with Crippen LogP contribution in [0.4, 0.5) is 5.69 Å². The zero-order valence-corrected chi connectivity index (χ0v) is 12.3. The van der Waals surface area contributed by atoms with Crippen molar-refractivity contribution >= 4 is 37.4 Å². The standard InChI is InChI=1S/C12H14BrNO3S/c1-8-10(13)3-2-4-11(8)14-12(15)9-5-6-18(16,17)7-9/h2-4,9H,5-7H2,1H3,(H,14,15). The number of benzene rings is 1. The van der Waals surface area contributed by atoms with Crippen molar-refractivity contribution in [3.05, 3.63) is 28.2 Å². The lowest BCUT2D eigenvalue weighted by Crippen LogP contribution is -2.24. The molecule has 2 rings (SSSR count). The maximum Gasteiger partial charge on any atom is 0.228 e. The largest absolute Gasteiger partial charge is 0.326 e. The Labute approximate surface area is 115 Å². The maximum absolute atomic E-state index is 12.0. The molecule has 0 bridgehead atoms. The molecule has 1 aliphatic rings. The van der Waals surface area contributed by atoms with E-state index in [-0.39, 0.29) is 17.4 Å². The van der Waals surface area contributed by atoms with E-state index in [9.17, 15) is 13.2 Å². The van der Waals surface area contributed by atoms with Crippen molar-refractivity contribution in [2.45, 2.75) is 13.3 Å². The van der Waals surface area contributed by atoms with Gasteiger partial charge in [0.1, 0.15) is 0 Å². The number of carbonyl (C=O) groups excluding carboxylic acids is 1. The summed E-state index contributed by atoms with van der Waals surface area (Å²) in [5.74, 6) is -0.556. The van der Waals surface area contributed by atoms with Crippen LogP contribution in [0.2, 0.25) is 0 Å². The summed E-state index contributed by atoms with van der Waals surface area (Å²) >= 11 is 3.39. The van der Waals surface area contributed by atoms with E-state index in [2.05, 4.69) is 21.2 Å². The number of amides is 1. The average molecular weight is 332 g/mol. The first-order valence-electron chi connectivity index (χ1n) is 5.65. The molecule has 18 heavy (non-hydrogen) atoms. The van der Waals surface area contributed by atoms with Crippen molar-refractivity contribution in [2.75, 3.05) is 16.8 Å². The summed E-state index contributed by atoms with van der Waals surface area (Å²) < 4.78 is 23.6. The van der Waals surface area contributed by atoms with E-state index >= 15 is 0 Å². The lowest BCUT2D eigenvalue weighted by Gasteiger charge is -2.12. The molecular formula is C12H14BrNO3S. The average Bonchev–Trinajstić information content (AvgIpc) is 2.65. The van der Waals surface area contributed by atoms with Crippen LogP contribution in [0.3, 0.4) is 0 Å². The molecule has 1 atom stereocenters. The Balaban J connectivity index is 2.11. The Morgan fingerprint density at radius 3 is 2.78 bits per heavy atom. The Morgan fingerprint density at radius 1 is 1.44 bits per heavy atom. The van der Waals surface area contributed by atoms with Gasteiger partial charge in [0.25, 0.3) is 0 Å². The van der Waals surface area contributed by atoms with Gasteiger partial charge >= 0.3 is 0 Å². The quantitative estimate of drug-likeness (QED) is 0.902. The Kier molecular flexibility index (Phi) is 3.77. The van der Waals surface area contributed by atoms with E-state index in [0.29, 0.717) is 6.42 Å². The van der Waals surface area contributed by atoms with Gasteiger partial charge in [0.15, 0.2) is 9.84 Å². The summed E-state index contributed by atoms with van der Waals surface area (Å²) in [7, 11) is -3.02. The summed E-state index contributed by atoms with van der Waals surface area (Å²) in [6.07, 6.45) is 0.418. The van der Waals surface area contributed by atoms with Crippen LogP contribution in [0.5, 0.6) is 0 Å². The zero-order valence-electron chi connectivity index (χ0n) is 9.94. The molecule has 0 radical (unpaired) electrons. The van der Waals surface area contributed by atoms with Crippen molar-refractivity contribution < 1.29 is 13.2 Å². The molecule has 1 aromatic rings. The van der Waals surface area contributed by atoms with E-state index in [0.717, 1.165) is 15.7 Å². The van der Waals surface area contributed by atoms with Crippen LogP contribution in [0.25, 0.3) is 0 Å². The molecule has 1 heterocycles. The summed E-state index contributed by atoms with van der Waals surface area (Å²) in [6, 6.07) is 5.53. The Morgan fingerprint density at radius 2 is 2.17 bits per heavy atom. The molecule has 0 saturated carbocycles. The molecule has 6 heteroatoms. The van der Waals surface area contributed by atoms with Crippen LogP contribution in [-0.2, 0) is 14.6 Å². The first-order chi connectivity index (χ1) is 8.39. The maximum atomic E-state index is 12.0. The SMILES string of the molecule is Cc1c(Br)cccc1NC(=O)C1CCS(=O)(=O)C1. The molecule has 0 aliphatic carbocycles. The smallest absolute Gasteiger partial charge is 0.228 e. The first kappa shape index (κ1) is 13.5. The van der Waals surface area contributed by atoms with Gasteiger partial charge < -0.3 is 5.32 Å². The lowest BCUT2D eigenvalue weighted by atomic mass is 10.1. The third-order valence-electron chi connectivity index (χ3n) is 3.13. The van der Waals surface area contributed by atoms with Gasteiger partial charge in [-0.15, -0.1) is 0 Å². The number of rotatable bonds is 2. The number of anilines is 1. The lowest BCUT2D eigenvalue weighted by molar-refractivity contribution is -0.119. The molecule has 1 saturated heterocycles. The van der Waals surface area contributed by atoms with Crippen molar-refractivity contribution in [1.82, 2.24) is 0 Å². The van der Waals surface area contributed by atoms with Crippen molar-refractivity contribution in [2.24, 2.45) is 5.92 Å². The van der Waals surface area contributed by atoms with Gasteiger partial charge in [-0.05, 0) is 31.0 Å². The highest BCUT2D eigenvalue weighted by Crippen LogP contribution is 2.25. The molecule has 0 spiro atoms. The number of carbonyl (C=O) groups is 1. The first-order valence-corrected chi connectivity index (χ1v) is 8.27. The number of sulfone groups is 1. The van der Waals surface area contributed by atoms with Crippen LogP contribution < -0.4 is 5.32 Å². The van der Waals surface area contributed by atoms with E-state index in [1.165, 1.54) is 0 Å². The Bertz CT molecular complexity index is 583. The minimum atomic E-state index is -3.02. The summed E-state index contributed by atoms with van der Waals surface area (Å²) in [6.45, 7) is 1.89. The molecule has 1 N–H and O–H groups in total. The number of nitrogens with one attached hydrogen (secondary N) is 1. The van der Waals surface area contributed by atoms with Crippen molar-refractivity contribution in [3.63, 3.8) is 0 Å². The fourth-order valence-electron chi connectivity index (χ4n) is 1.98. The molecule has 4 nitrogen and oxygen atoms in total. The second kappa shape index (κ2) is 5.01. The van der Waals surface area contributed by atoms with Gasteiger partial charge in [0.05, 0.1) is 17.4 Å². The highest BCUT2D eigenvalue weighted by atomic mass is 79.9. The van der Waals surface area contributed by atoms with Crippen LogP contribution >= 0.6 is 15.9 Å². The van der Waals surface area contributed by atoms with Crippen LogP contribution in [0.15, 0.2) is 22.7 Å².